The van der Waals surface area contributed by atoms with E-state index in [1.165, 1.54) is 18.7 Å². The van der Waals surface area contributed by atoms with Gasteiger partial charge in [0, 0.05) is 19.7 Å². The van der Waals surface area contributed by atoms with Gasteiger partial charge in [0.15, 0.2) is 11.2 Å². The highest BCUT2D eigenvalue weighted by Crippen LogP contribution is 2.25. The predicted octanol–water partition coefficient (Wildman–Crippen LogP) is 1.80. The van der Waals surface area contributed by atoms with Gasteiger partial charge in [0.2, 0.25) is 5.95 Å². The van der Waals surface area contributed by atoms with Gasteiger partial charge in [0.05, 0.1) is 6.04 Å². The molecule has 9 heteroatoms. The summed E-state index contributed by atoms with van der Waals surface area (Å²) in [6.07, 6.45) is 0.453. The third-order valence-corrected chi connectivity index (χ3v) is 4.15. The molecule has 0 aliphatic heterocycles. The van der Waals surface area contributed by atoms with Crippen molar-refractivity contribution >= 4 is 17.1 Å². The van der Waals surface area contributed by atoms with E-state index in [2.05, 4.69) is 15.3 Å². The number of hydrogen-bond donors (Lipinski definition) is 2. The molecule has 2 N–H and O–H groups in total. The summed E-state index contributed by atoms with van der Waals surface area (Å²) >= 11 is 0. The molecule has 0 saturated heterocycles. The largest absolute Gasteiger partial charge is 0.349 e. The van der Waals surface area contributed by atoms with E-state index in [-0.39, 0.29) is 22.7 Å². The quantitative estimate of drug-likeness (QED) is 0.752. The van der Waals surface area contributed by atoms with E-state index >= 15 is 0 Å². The van der Waals surface area contributed by atoms with E-state index in [1.807, 2.05) is 0 Å². The summed E-state index contributed by atoms with van der Waals surface area (Å²) in [5, 5.41) is 2.96. The number of fused-ring (bicyclic) bond motifs is 1. The van der Waals surface area contributed by atoms with Gasteiger partial charge in [-0.25, -0.2) is 13.6 Å². The molecule has 7 nitrogen and oxygen atoms in total. The Labute approximate surface area is 140 Å². The minimum atomic E-state index is -0.558. The summed E-state index contributed by atoms with van der Waals surface area (Å²) in [5.74, 6) is -0.887. The number of anilines is 1. The predicted molar refractivity (Wildman–Crippen MR) is 89.6 cm³/mol. The van der Waals surface area contributed by atoms with Crippen molar-refractivity contribution in [3.05, 3.63) is 56.2 Å². The molecule has 0 spiro atoms. The Bertz CT molecular complexity index is 1070. The second kappa shape index (κ2) is 6.15. The van der Waals surface area contributed by atoms with Crippen molar-refractivity contribution in [2.75, 3.05) is 5.32 Å². The van der Waals surface area contributed by atoms with Crippen LogP contribution in [0.5, 0.6) is 0 Å². The van der Waals surface area contributed by atoms with Crippen LogP contribution in [0.3, 0.4) is 0 Å². The van der Waals surface area contributed by atoms with Gasteiger partial charge >= 0.3 is 5.69 Å². The lowest BCUT2D eigenvalue weighted by atomic mass is 10.0. The summed E-state index contributed by atoms with van der Waals surface area (Å²) in [4.78, 5) is 31.2. The number of aromatic nitrogens is 4. The van der Waals surface area contributed by atoms with Crippen molar-refractivity contribution in [1.82, 2.24) is 19.1 Å². The molecule has 0 saturated carbocycles. The Morgan fingerprint density at radius 3 is 2.64 bits per heavy atom. The van der Waals surface area contributed by atoms with E-state index in [9.17, 15) is 18.4 Å². The number of H-pyrrole nitrogens is 1. The van der Waals surface area contributed by atoms with Crippen molar-refractivity contribution in [2.45, 2.75) is 19.4 Å². The van der Waals surface area contributed by atoms with Crippen molar-refractivity contribution in [2.24, 2.45) is 14.1 Å². The highest BCUT2D eigenvalue weighted by Gasteiger charge is 2.18. The zero-order valence-corrected chi connectivity index (χ0v) is 13.9. The minimum Gasteiger partial charge on any atom is -0.349 e. The van der Waals surface area contributed by atoms with E-state index < -0.39 is 28.9 Å². The highest BCUT2D eigenvalue weighted by atomic mass is 19.1. The Morgan fingerprint density at radius 1 is 1.24 bits per heavy atom. The van der Waals surface area contributed by atoms with Gasteiger partial charge in [-0.05, 0) is 24.6 Å². The maximum atomic E-state index is 14.0. The average Bonchev–Trinajstić information content (AvgIpc) is 3.02. The van der Waals surface area contributed by atoms with Crippen molar-refractivity contribution in [3.8, 4) is 0 Å². The van der Waals surface area contributed by atoms with Crippen LogP contribution in [-0.2, 0) is 14.1 Å². The number of nitrogens with zero attached hydrogens (tertiary/aromatic N) is 3. The molecule has 3 aromatic rings. The molecule has 0 aliphatic carbocycles. The number of aryl methyl sites for hydroxylation is 1. The first-order chi connectivity index (χ1) is 11.8. The van der Waals surface area contributed by atoms with Gasteiger partial charge in [-0.15, -0.1) is 0 Å². The molecule has 1 aromatic carbocycles. The normalized spacial score (nSPS) is 12.5. The number of aromatic amines is 1. The molecular formula is C16H17F2N5O2. The van der Waals surface area contributed by atoms with Crippen LogP contribution in [0.4, 0.5) is 14.7 Å². The number of nitrogens with one attached hydrogen (secondary N) is 2. The summed E-state index contributed by atoms with van der Waals surface area (Å²) in [7, 11) is 2.87. The Kier molecular flexibility index (Phi) is 4.15. The fourth-order valence-electron chi connectivity index (χ4n) is 2.74. The van der Waals surface area contributed by atoms with E-state index in [4.69, 9.17) is 0 Å². The summed E-state index contributed by atoms with van der Waals surface area (Å²) in [5.41, 5.74) is -0.515. The maximum Gasteiger partial charge on any atom is 0.332 e. The van der Waals surface area contributed by atoms with Gasteiger partial charge < -0.3 is 10.3 Å². The van der Waals surface area contributed by atoms with Gasteiger partial charge in [-0.3, -0.25) is 13.9 Å². The lowest BCUT2D eigenvalue weighted by Gasteiger charge is -2.17. The third kappa shape index (κ3) is 2.81. The van der Waals surface area contributed by atoms with Gasteiger partial charge in [0.25, 0.3) is 5.56 Å². The molecule has 2 heterocycles. The molecule has 2 aromatic heterocycles. The summed E-state index contributed by atoms with van der Waals surface area (Å²) < 4.78 is 29.7. The van der Waals surface area contributed by atoms with E-state index in [1.54, 1.807) is 6.92 Å². The van der Waals surface area contributed by atoms with Crippen LogP contribution in [0.15, 0.2) is 27.8 Å². The van der Waals surface area contributed by atoms with Crippen LogP contribution in [-0.4, -0.2) is 19.1 Å². The molecule has 0 radical (unpaired) electrons. The van der Waals surface area contributed by atoms with Gasteiger partial charge in [0.1, 0.15) is 11.6 Å². The fourth-order valence-corrected chi connectivity index (χ4v) is 2.74. The molecule has 1 atom stereocenters. The standard InChI is InChI=1S/C16H17F2N5O2/c1-4-11(9-7-8(17)5-6-10(9)18)19-15-20-12-13(21-15)22(2)16(25)23(3)14(12)24/h5-7,11H,4H2,1-3H3,(H2,19,20,21). The molecule has 3 rings (SSSR count). The Balaban J connectivity index is 2.06. The lowest BCUT2D eigenvalue weighted by Crippen LogP contribution is -2.36. The Morgan fingerprint density at radius 2 is 1.96 bits per heavy atom. The lowest BCUT2D eigenvalue weighted by molar-refractivity contribution is 0.566. The SMILES string of the molecule is CCC(Nc1nc2c([nH]1)c(=O)n(C)c(=O)n2C)c1cc(F)ccc1F. The van der Waals surface area contributed by atoms with Gasteiger partial charge in [-0.2, -0.15) is 4.98 Å². The number of halogens is 2. The van der Waals surface area contributed by atoms with Crippen LogP contribution in [0.25, 0.3) is 11.2 Å². The van der Waals surface area contributed by atoms with Crippen LogP contribution in [0, 0.1) is 11.6 Å². The summed E-state index contributed by atoms with van der Waals surface area (Å²) in [6.45, 7) is 1.81. The topological polar surface area (TPSA) is 84.7 Å². The van der Waals surface area contributed by atoms with Crippen molar-refractivity contribution in [3.63, 3.8) is 0 Å². The number of imidazole rings is 1. The zero-order chi connectivity index (χ0) is 18.3. The molecule has 1 unspecified atom stereocenters. The Hall–Kier alpha value is -2.97. The van der Waals surface area contributed by atoms with Crippen LogP contribution >= 0.6 is 0 Å². The van der Waals surface area contributed by atoms with Crippen LogP contribution < -0.4 is 16.6 Å². The summed E-state index contributed by atoms with van der Waals surface area (Å²) in [6, 6.07) is 2.67. The monoisotopic (exact) mass is 349 g/mol. The minimum absolute atomic E-state index is 0.154. The van der Waals surface area contributed by atoms with Crippen LogP contribution in [0.2, 0.25) is 0 Å². The van der Waals surface area contributed by atoms with E-state index in [0.29, 0.717) is 6.42 Å². The first-order valence-corrected chi connectivity index (χ1v) is 7.70. The van der Waals surface area contributed by atoms with E-state index in [0.717, 1.165) is 22.8 Å². The fraction of sp³-hybridized carbons (Fsp3) is 0.312. The smallest absolute Gasteiger partial charge is 0.332 e. The van der Waals surface area contributed by atoms with Crippen molar-refractivity contribution in [1.29, 1.82) is 0 Å². The van der Waals surface area contributed by atoms with Crippen molar-refractivity contribution < 1.29 is 8.78 Å². The zero-order valence-electron chi connectivity index (χ0n) is 13.9. The second-order valence-corrected chi connectivity index (χ2v) is 5.76. The second-order valence-electron chi connectivity index (χ2n) is 5.76. The number of rotatable bonds is 4. The number of hydrogen-bond acceptors (Lipinski definition) is 4. The molecule has 25 heavy (non-hydrogen) atoms. The molecule has 132 valence electrons. The number of benzene rings is 1. The molecule has 0 amide bonds. The molecule has 0 fully saturated rings. The average molecular weight is 349 g/mol. The molecule has 0 aliphatic rings. The van der Waals surface area contributed by atoms with Crippen LogP contribution in [0.1, 0.15) is 24.9 Å². The maximum absolute atomic E-state index is 14.0. The first-order valence-electron chi connectivity index (χ1n) is 7.70. The third-order valence-electron chi connectivity index (χ3n) is 4.15. The molecular weight excluding hydrogens is 332 g/mol. The highest BCUT2D eigenvalue weighted by molar-refractivity contribution is 5.72. The first kappa shape index (κ1) is 16.9. The van der Waals surface area contributed by atoms with Gasteiger partial charge in [-0.1, -0.05) is 6.92 Å². The molecule has 0 bridgehead atoms.